The van der Waals surface area contributed by atoms with Gasteiger partial charge in [0, 0.05) is 20.0 Å². The van der Waals surface area contributed by atoms with Crippen molar-refractivity contribution in [1.29, 1.82) is 0 Å². The lowest BCUT2D eigenvalue weighted by Crippen LogP contribution is -2.33. The van der Waals surface area contributed by atoms with E-state index < -0.39 is 11.9 Å². The largest absolute Gasteiger partial charge is 0.481 e. The van der Waals surface area contributed by atoms with Crippen molar-refractivity contribution in [2.24, 2.45) is 5.92 Å². The second-order valence-electron chi connectivity index (χ2n) is 5.36. The molecule has 0 saturated heterocycles. The van der Waals surface area contributed by atoms with E-state index in [-0.39, 0.29) is 12.5 Å². The predicted octanol–water partition coefficient (Wildman–Crippen LogP) is 2.75. The topological polar surface area (TPSA) is 57.6 Å². The van der Waals surface area contributed by atoms with Crippen LogP contribution in [0.5, 0.6) is 0 Å². The van der Waals surface area contributed by atoms with Crippen LogP contribution in [0.2, 0.25) is 0 Å². The maximum absolute atomic E-state index is 12.0. The van der Waals surface area contributed by atoms with Gasteiger partial charge in [-0.05, 0) is 17.9 Å². The van der Waals surface area contributed by atoms with Gasteiger partial charge in [-0.2, -0.15) is 0 Å². The van der Waals surface area contributed by atoms with Crippen LogP contribution in [0.15, 0.2) is 30.3 Å². The number of amides is 1. The standard InChI is InChI=1S/C16H23NO3/c1-12(14-7-5-4-6-8-14)9-10-15(18)17(3)11-13(2)16(19)20/h4-8,12-13H,9-11H2,1-3H3,(H,19,20). The van der Waals surface area contributed by atoms with E-state index in [1.54, 1.807) is 14.0 Å². The number of hydrogen-bond donors (Lipinski definition) is 1. The fourth-order valence-electron chi connectivity index (χ4n) is 2.07. The molecule has 1 N–H and O–H groups in total. The first-order chi connectivity index (χ1) is 9.41. The second-order valence-corrected chi connectivity index (χ2v) is 5.36. The molecule has 2 unspecified atom stereocenters. The number of carboxylic acid groups (broad SMARTS) is 1. The normalized spacial score (nSPS) is 13.6. The van der Waals surface area contributed by atoms with E-state index in [2.05, 4.69) is 19.1 Å². The molecule has 0 bridgehead atoms. The number of carboxylic acids is 1. The van der Waals surface area contributed by atoms with Gasteiger partial charge >= 0.3 is 5.97 Å². The Balaban J connectivity index is 2.41. The van der Waals surface area contributed by atoms with Gasteiger partial charge in [-0.3, -0.25) is 9.59 Å². The number of nitrogens with zero attached hydrogens (tertiary/aromatic N) is 1. The zero-order chi connectivity index (χ0) is 15.1. The fraction of sp³-hybridized carbons (Fsp3) is 0.500. The Bertz CT molecular complexity index is 444. The van der Waals surface area contributed by atoms with E-state index in [9.17, 15) is 9.59 Å². The van der Waals surface area contributed by atoms with Gasteiger partial charge in [0.25, 0.3) is 0 Å². The van der Waals surface area contributed by atoms with Crippen LogP contribution in [0.1, 0.15) is 38.2 Å². The van der Waals surface area contributed by atoms with Crippen molar-refractivity contribution >= 4 is 11.9 Å². The Hall–Kier alpha value is -1.84. The van der Waals surface area contributed by atoms with Crippen molar-refractivity contribution in [3.8, 4) is 0 Å². The molecule has 0 heterocycles. The molecule has 0 aliphatic rings. The number of aliphatic carboxylic acids is 1. The molecule has 1 aromatic carbocycles. The molecule has 0 aliphatic heterocycles. The zero-order valence-electron chi connectivity index (χ0n) is 12.4. The summed E-state index contributed by atoms with van der Waals surface area (Å²) in [6, 6.07) is 10.1. The van der Waals surface area contributed by atoms with Crippen LogP contribution >= 0.6 is 0 Å². The van der Waals surface area contributed by atoms with Crippen LogP contribution < -0.4 is 0 Å². The zero-order valence-corrected chi connectivity index (χ0v) is 12.4. The van der Waals surface area contributed by atoms with Crippen molar-refractivity contribution < 1.29 is 14.7 Å². The summed E-state index contributed by atoms with van der Waals surface area (Å²) in [4.78, 5) is 24.3. The van der Waals surface area contributed by atoms with Crippen molar-refractivity contribution in [3.63, 3.8) is 0 Å². The fourth-order valence-corrected chi connectivity index (χ4v) is 2.07. The summed E-state index contributed by atoms with van der Waals surface area (Å²) in [5.41, 5.74) is 1.22. The third-order valence-electron chi connectivity index (χ3n) is 3.55. The second kappa shape index (κ2) is 7.68. The maximum Gasteiger partial charge on any atom is 0.308 e. The van der Waals surface area contributed by atoms with Crippen molar-refractivity contribution in [2.75, 3.05) is 13.6 Å². The Morgan fingerprint density at radius 3 is 2.35 bits per heavy atom. The van der Waals surface area contributed by atoms with Gasteiger partial charge in [0.1, 0.15) is 0 Å². The Labute approximate surface area is 120 Å². The van der Waals surface area contributed by atoms with Gasteiger partial charge < -0.3 is 10.0 Å². The van der Waals surface area contributed by atoms with E-state index in [4.69, 9.17) is 5.11 Å². The third-order valence-corrected chi connectivity index (χ3v) is 3.55. The molecule has 0 fully saturated rings. The van der Waals surface area contributed by atoms with Crippen molar-refractivity contribution in [3.05, 3.63) is 35.9 Å². The number of rotatable bonds is 7. The molecule has 0 spiro atoms. The summed E-state index contributed by atoms with van der Waals surface area (Å²) >= 11 is 0. The number of carbonyl (C=O) groups is 2. The highest BCUT2D eigenvalue weighted by molar-refractivity contribution is 5.77. The summed E-state index contributed by atoms with van der Waals surface area (Å²) in [7, 11) is 1.66. The summed E-state index contributed by atoms with van der Waals surface area (Å²) in [5.74, 6) is -1.08. The average molecular weight is 277 g/mol. The lowest BCUT2D eigenvalue weighted by Gasteiger charge is -2.20. The van der Waals surface area contributed by atoms with Crippen LogP contribution in [0.3, 0.4) is 0 Å². The predicted molar refractivity (Wildman–Crippen MR) is 78.5 cm³/mol. The summed E-state index contributed by atoms with van der Waals surface area (Å²) in [6.07, 6.45) is 1.22. The van der Waals surface area contributed by atoms with Gasteiger partial charge in [0.05, 0.1) is 5.92 Å². The number of carbonyl (C=O) groups excluding carboxylic acids is 1. The quantitative estimate of drug-likeness (QED) is 0.833. The highest BCUT2D eigenvalue weighted by Gasteiger charge is 2.18. The lowest BCUT2D eigenvalue weighted by molar-refractivity contribution is -0.142. The highest BCUT2D eigenvalue weighted by atomic mass is 16.4. The molecule has 0 radical (unpaired) electrons. The SMILES string of the molecule is CC(CN(C)C(=O)CCC(C)c1ccccc1)C(=O)O. The smallest absolute Gasteiger partial charge is 0.308 e. The highest BCUT2D eigenvalue weighted by Crippen LogP contribution is 2.20. The minimum absolute atomic E-state index is 0.000816. The number of benzene rings is 1. The molecule has 2 atom stereocenters. The molecule has 1 rings (SSSR count). The van der Waals surface area contributed by atoms with E-state index in [0.29, 0.717) is 12.3 Å². The molecule has 4 nitrogen and oxygen atoms in total. The lowest BCUT2D eigenvalue weighted by atomic mass is 9.96. The molecule has 1 amide bonds. The first kappa shape index (κ1) is 16.2. The summed E-state index contributed by atoms with van der Waals surface area (Å²) in [6.45, 7) is 3.97. The molecular weight excluding hydrogens is 254 g/mol. The summed E-state index contributed by atoms with van der Waals surface area (Å²) < 4.78 is 0. The van der Waals surface area contributed by atoms with Crippen molar-refractivity contribution in [2.45, 2.75) is 32.6 Å². The van der Waals surface area contributed by atoms with Gasteiger partial charge in [0.2, 0.25) is 5.91 Å². The van der Waals surface area contributed by atoms with Crippen LogP contribution in [0, 0.1) is 5.92 Å². The Morgan fingerprint density at radius 2 is 1.80 bits per heavy atom. The molecule has 1 aromatic rings. The minimum Gasteiger partial charge on any atom is -0.481 e. The minimum atomic E-state index is -0.873. The Kier molecular flexibility index (Phi) is 6.22. The van der Waals surface area contributed by atoms with E-state index in [1.165, 1.54) is 10.5 Å². The van der Waals surface area contributed by atoms with Crippen LogP contribution in [0.4, 0.5) is 0 Å². The van der Waals surface area contributed by atoms with Gasteiger partial charge in [-0.1, -0.05) is 44.2 Å². The van der Waals surface area contributed by atoms with Gasteiger partial charge in [-0.25, -0.2) is 0 Å². The van der Waals surface area contributed by atoms with Crippen molar-refractivity contribution in [1.82, 2.24) is 4.90 Å². The van der Waals surface area contributed by atoms with Gasteiger partial charge in [0.15, 0.2) is 0 Å². The molecule has 110 valence electrons. The average Bonchev–Trinajstić information content (AvgIpc) is 2.44. The Morgan fingerprint density at radius 1 is 1.20 bits per heavy atom. The van der Waals surface area contributed by atoms with Crippen LogP contribution in [-0.4, -0.2) is 35.5 Å². The monoisotopic (exact) mass is 277 g/mol. The molecule has 0 saturated carbocycles. The molecule has 0 aromatic heterocycles. The van der Waals surface area contributed by atoms with Gasteiger partial charge in [-0.15, -0.1) is 0 Å². The summed E-state index contributed by atoms with van der Waals surface area (Å²) in [5, 5.41) is 8.84. The van der Waals surface area contributed by atoms with E-state index >= 15 is 0 Å². The van der Waals surface area contributed by atoms with Crippen LogP contribution in [-0.2, 0) is 9.59 Å². The molecule has 20 heavy (non-hydrogen) atoms. The first-order valence-corrected chi connectivity index (χ1v) is 6.93. The van der Waals surface area contributed by atoms with E-state index in [0.717, 1.165) is 6.42 Å². The van der Waals surface area contributed by atoms with Crippen LogP contribution in [0.25, 0.3) is 0 Å². The molecule has 4 heteroatoms. The molecular formula is C16H23NO3. The maximum atomic E-state index is 12.0. The number of hydrogen-bond acceptors (Lipinski definition) is 2. The molecule has 0 aliphatic carbocycles. The third kappa shape index (κ3) is 5.03. The van der Waals surface area contributed by atoms with E-state index in [1.807, 2.05) is 18.2 Å². The first-order valence-electron chi connectivity index (χ1n) is 6.93.